The number of carbonyl (C=O) groups excluding carboxylic acids is 1. The number of hydrogen-bond acceptors (Lipinski definition) is 4. The Morgan fingerprint density at radius 3 is 2.58 bits per heavy atom. The number of nitrogens with one attached hydrogen (secondary N) is 4. The van der Waals surface area contributed by atoms with Gasteiger partial charge in [0.2, 0.25) is 0 Å². The van der Waals surface area contributed by atoms with Crippen molar-refractivity contribution in [3.63, 3.8) is 0 Å². The van der Waals surface area contributed by atoms with E-state index in [-0.39, 0.29) is 5.91 Å². The molecule has 0 spiro atoms. The quantitative estimate of drug-likeness (QED) is 0.171. The van der Waals surface area contributed by atoms with Crippen LogP contribution in [0, 0.1) is 5.41 Å². The molecule has 4 aromatic rings. The van der Waals surface area contributed by atoms with Crippen LogP contribution >= 0.6 is 11.6 Å². The number of amidine groups is 1. The third-order valence-corrected chi connectivity index (χ3v) is 5.40. The molecule has 4 N–H and O–H groups in total. The first-order chi connectivity index (χ1) is 16.1. The molecule has 2 heterocycles. The van der Waals surface area contributed by atoms with Gasteiger partial charge in [0.15, 0.2) is 0 Å². The number of carbonyl (C=O) groups is 1. The molecule has 2 aromatic heterocycles. The number of anilines is 1. The standard InChI is InChI=1S/C25H23ClN6O/c26-22-11-10-19(14-21(22)23-5-1-2-12-29-23)32-25(33)18-8-6-17(7-9-18)24(27)30-13-3-4-20-15-28-16-31-20/h1-2,5-12,14-16H,3-4,13H2,(H2,27,30)(H,28,31)(H,32,33). The minimum atomic E-state index is -0.241. The van der Waals surface area contributed by atoms with Gasteiger partial charge in [-0.05, 0) is 55.3 Å². The number of aryl methyl sites for hydroxylation is 1. The lowest BCUT2D eigenvalue weighted by atomic mass is 10.1. The van der Waals surface area contributed by atoms with E-state index in [4.69, 9.17) is 17.0 Å². The van der Waals surface area contributed by atoms with Crippen LogP contribution in [0.1, 0.15) is 28.0 Å². The van der Waals surface area contributed by atoms with E-state index in [1.807, 2.05) is 24.4 Å². The molecule has 33 heavy (non-hydrogen) atoms. The zero-order valence-corrected chi connectivity index (χ0v) is 18.6. The van der Waals surface area contributed by atoms with Crippen molar-refractivity contribution >= 4 is 29.0 Å². The molecule has 0 aliphatic rings. The maximum atomic E-state index is 12.7. The second kappa shape index (κ2) is 10.6. The van der Waals surface area contributed by atoms with Gasteiger partial charge in [-0.15, -0.1) is 0 Å². The molecule has 0 fully saturated rings. The Kier molecular flexibility index (Phi) is 7.12. The van der Waals surface area contributed by atoms with Crippen LogP contribution in [0.25, 0.3) is 11.3 Å². The molecule has 0 saturated heterocycles. The smallest absolute Gasteiger partial charge is 0.255 e. The topological polar surface area (TPSA) is 107 Å². The van der Waals surface area contributed by atoms with Gasteiger partial charge < -0.3 is 15.6 Å². The number of hydrogen-bond donors (Lipinski definition) is 4. The lowest BCUT2D eigenvalue weighted by molar-refractivity contribution is 0.102. The fourth-order valence-corrected chi connectivity index (χ4v) is 3.54. The third kappa shape index (κ3) is 5.84. The Labute approximate surface area is 196 Å². The Morgan fingerprint density at radius 1 is 1.03 bits per heavy atom. The number of pyridine rings is 1. The summed E-state index contributed by atoms with van der Waals surface area (Å²) in [5, 5.41) is 14.8. The summed E-state index contributed by atoms with van der Waals surface area (Å²) in [5.74, 6) is 0.0797. The van der Waals surface area contributed by atoms with Crippen molar-refractivity contribution in [3.05, 3.63) is 101 Å². The summed E-state index contributed by atoms with van der Waals surface area (Å²) in [6.07, 6.45) is 6.95. The average Bonchev–Trinajstić information content (AvgIpc) is 3.37. The maximum absolute atomic E-state index is 12.7. The van der Waals surface area contributed by atoms with E-state index < -0.39 is 0 Å². The van der Waals surface area contributed by atoms with Crippen LogP contribution in [0.2, 0.25) is 5.02 Å². The lowest BCUT2D eigenvalue weighted by Gasteiger charge is -2.10. The van der Waals surface area contributed by atoms with Gasteiger partial charge in [-0.1, -0.05) is 29.8 Å². The SMILES string of the molecule is N=C(NCCCc1c[nH]cn1)c1ccc(C(=O)Nc2ccc(Cl)c(-c3ccccn3)c2)cc1. The molecular weight excluding hydrogens is 436 g/mol. The van der Waals surface area contributed by atoms with Gasteiger partial charge >= 0.3 is 0 Å². The Hall–Kier alpha value is -3.97. The van der Waals surface area contributed by atoms with E-state index >= 15 is 0 Å². The highest BCUT2D eigenvalue weighted by Crippen LogP contribution is 2.29. The zero-order chi connectivity index (χ0) is 23.0. The molecule has 0 bridgehead atoms. The van der Waals surface area contributed by atoms with Crippen LogP contribution < -0.4 is 10.6 Å². The van der Waals surface area contributed by atoms with Crippen LogP contribution in [-0.4, -0.2) is 33.2 Å². The summed E-state index contributed by atoms with van der Waals surface area (Å²) in [6, 6.07) is 17.8. The van der Waals surface area contributed by atoms with E-state index in [1.165, 1.54) is 0 Å². The largest absolute Gasteiger partial charge is 0.370 e. The number of rotatable bonds is 8. The first-order valence-corrected chi connectivity index (χ1v) is 10.9. The fourth-order valence-electron chi connectivity index (χ4n) is 3.33. The number of aromatic nitrogens is 3. The number of nitrogens with zero attached hydrogens (tertiary/aromatic N) is 2. The van der Waals surface area contributed by atoms with Crippen LogP contribution in [-0.2, 0) is 6.42 Å². The molecule has 7 nitrogen and oxygen atoms in total. The molecule has 0 radical (unpaired) electrons. The van der Waals surface area contributed by atoms with Gasteiger partial charge in [-0.3, -0.25) is 15.2 Å². The van der Waals surface area contributed by atoms with Crippen molar-refractivity contribution in [3.8, 4) is 11.3 Å². The van der Waals surface area contributed by atoms with Crippen molar-refractivity contribution in [1.29, 1.82) is 5.41 Å². The first-order valence-electron chi connectivity index (χ1n) is 10.5. The molecular formula is C25H23ClN6O. The van der Waals surface area contributed by atoms with E-state index in [0.29, 0.717) is 28.7 Å². The predicted octanol–water partition coefficient (Wildman–Crippen LogP) is 4.93. The van der Waals surface area contributed by atoms with E-state index in [1.54, 1.807) is 55.0 Å². The van der Waals surface area contributed by atoms with E-state index in [2.05, 4.69) is 25.6 Å². The highest BCUT2D eigenvalue weighted by molar-refractivity contribution is 6.33. The molecule has 0 saturated carbocycles. The van der Waals surface area contributed by atoms with Gasteiger partial charge in [-0.2, -0.15) is 0 Å². The third-order valence-electron chi connectivity index (χ3n) is 5.07. The number of H-pyrrole nitrogens is 1. The Bertz CT molecular complexity index is 1220. The van der Waals surface area contributed by atoms with Crippen molar-refractivity contribution < 1.29 is 4.79 Å². The van der Waals surface area contributed by atoms with Crippen molar-refractivity contribution in [2.75, 3.05) is 11.9 Å². The van der Waals surface area contributed by atoms with Gasteiger partial charge in [0.1, 0.15) is 5.84 Å². The molecule has 4 rings (SSSR count). The number of aromatic amines is 1. The number of halogens is 1. The minimum absolute atomic E-state index is 0.241. The molecule has 0 aliphatic carbocycles. The first kappa shape index (κ1) is 22.2. The Balaban J connectivity index is 1.34. The van der Waals surface area contributed by atoms with Crippen molar-refractivity contribution in [1.82, 2.24) is 20.3 Å². The Morgan fingerprint density at radius 2 is 1.85 bits per heavy atom. The molecule has 0 aliphatic heterocycles. The highest BCUT2D eigenvalue weighted by Gasteiger charge is 2.11. The second-order valence-electron chi connectivity index (χ2n) is 7.41. The molecule has 1 amide bonds. The summed E-state index contributed by atoms with van der Waals surface area (Å²) >= 11 is 6.32. The second-order valence-corrected chi connectivity index (χ2v) is 7.81. The molecule has 0 atom stereocenters. The van der Waals surface area contributed by atoms with Crippen LogP contribution in [0.4, 0.5) is 5.69 Å². The lowest BCUT2D eigenvalue weighted by Crippen LogP contribution is -2.25. The van der Waals surface area contributed by atoms with Gasteiger partial charge in [0.05, 0.1) is 22.7 Å². The van der Waals surface area contributed by atoms with Crippen LogP contribution in [0.5, 0.6) is 0 Å². The van der Waals surface area contributed by atoms with Crippen LogP contribution in [0.15, 0.2) is 79.4 Å². The summed E-state index contributed by atoms with van der Waals surface area (Å²) in [6.45, 7) is 0.670. The summed E-state index contributed by atoms with van der Waals surface area (Å²) in [4.78, 5) is 24.2. The zero-order valence-electron chi connectivity index (χ0n) is 17.8. The van der Waals surface area contributed by atoms with Crippen molar-refractivity contribution in [2.45, 2.75) is 12.8 Å². The molecule has 2 aromatic carbocycles. The van der Waals surface area contributed by atoms with Gasteiger partial charge in [-0.25, -0.2) is 4.98 Å². The predicted molar refractivity (Wildman–Crippen MR) is 131 cm³/mol. The maximum Gasteiger partial charge on any atom is 0.255 e. The summed E-state index contributed by atoms with van der Waals surface area (Å²) < 4.78 is 0. The van der Waals surface area contributed by atoms with Gasteiger partial charge in [0.25, 0.3) is 5.91 Å². The number of amides is 1. The monoisotopic (exact) mass is 458 g/mol. The molecule has 0 unspecified atom stereocenters. The molecule has 8 heteroatoms. The minimum Gasteiger partial charge on any atom is -0.370 e. The summed E-state index contributed by atoms with van der Waals surface area (Å²) in [5.41, 5.74) is 4.33. The van der Waals surface area contributed by atoms with Crippen molar-refractivity contribution in [2.24, 2.45) is 0 Å². The highest BCUT2D eigenvalue weighted by atomic mass is 35.5. The average molecular weight is 459 g/mol. The van der Waals surface area contributed by atoms with Crippen LogP contribution in [0.3, 0.4) is 0 Å². The number of benzene rings is 2. The summed E-state index contributed by atoms with van der Waals surface area (Å²) in [7, 11) is 0. The van der Waals surface area contributed by atoms with E-state index in [9.17, 15) is 4.79 Å². The van der Waals surface area contributed by atoms with E-state index in [0.717, 1.165) is 35.4 Å². The number of imidazole rings is 1. The molecule has 166 valence electrons. The fraction of sp³-hybridized carbons (Fsp3) is 0.120. The van der Waals surface area contributed by atoms with Gasteiger partial charge in [0, 0.05) is 41.3 Å². The normalized spacial score (nSPS) is 10.6.